The van der Waals surface area contributed by atoms with Gasteiger partial charge in [0.05, 0.1) is 11.3 Å². The van der Waals surface area contributed by atoms with Gasteiger partial charge in [0.25, 0.3) is 11.7 Å². The summed E-state index contributed by atoms with van der Waals surface area (Å²) in [5, 5.41) is 3.25. The Kier molecular flexibility index (Phi) is 4.35. The second-order valence-electron chi connectivity index (χ2n) is 5.12. The van der Waals surface area contributed by atoms with Gasteiger partial charge in [-0.3, -0.25) is 9.59 Å². The molecule has 0 bridgehead atoms. The number of rotatable bonds is 6. The Balaban J connectivity index is 2.16. The van der Waals surface area contributed by atoms with Crippen LogP contribution in [-0.4, -0.2) is 31.3 Å². The predicted molar refractivity (Wildman–Crippen MR) is 80.2 cm³/mol. The summed E-state index contributed by atoms with van der Waals surface area (Å²) in [5.74, 6) is -0.871. The summed E-state index contributed by atoms with van der Waals surface area (Å²) in [4.78, 5) is 25.6. The highest BCUT2D eigenvalue weighted by atomic mass is 16.2. The third-order valence-corrected chi connectivity index (χ3v) is 3.38. The second kappa shape index (κ2) is 6.01. The van der Waals surface area contributed by atoms with Crippen molar-refractivity contribution in [3.63, 3.8) is 0 Å². The van der Waals surface area contributed by atoms with Crippen molar-refractivity contribution in [2.75, 3.05) is 24.5 Å². The summed E-state index contributed by atoms with van der Waals surface area (Å²) in [5.41, 5.74) is 3.08. The van der Waals surface area contributed by atoms with Gasteiger partial charge in [-0.1, -0.05) is 25.6 Å². The number of hydrogen-bond acceptors (Lipinski definition) is 3. The number of para-hydroxylation sites is 1. The molecular formula is C16H20N2O2. The van der Waals surface area contributed by atoms with Crippen molar-refractivity contribution in [3.8, 4) is 0 Å². The minimum Gasteiger partial charge on any atom is -0.313 e. The van der Waals surface area contributed by atoms with Crippen LogP contribution in [0.25, 0.3) is 0 Å². The van der Waals surface area contributed by atoms with Gasteiger partial charge in [0.2, 0.25) is 0 Å². The normalized spacial score (nSPS) is 13.8. The molecule has 0 atom stereocenters. The molecule has 0 unspecified atom stereocenters. The van der Waals surface area contributed by atoms with Gasteiger partial charge in [0, 0.05) is 13.1 Å². The number of carbonyl (C=O) groups is 2. The predicted octanol–water partition coefficient (Wildman–Crippen LogP) is 2.08. The number of fused-ring (bicyclic) bond motifs is 1. The first-order valence-electron chi connectivity index (χ1n) is 6.89. The third kappa shape index (κ3) is 2.65. The Labute approximate surface area is 119 Å². The molecule has 0 fully saturated rings. The zero-order valence-electron chi connectivity index (χ0n) is 12.0. The van der Waals surface area contributed by atoms with E-state index in [1.807, 2.05) is 13.0 Å². The molecule has 0 radical (unpaired) electrons. The lowest BCUT2D eigenvalue weighted by Crippen LogP contribution is -2.34. The average molecular weight is 272 g/mol. The van der Waals surface area contributed by atoms with Crippen molar-refractivity contribution in [3.05, 3.63) is 41.5 Å². The number of nitrogens with zero attached hydrogens (tertiary/aromatic N) is 1. The average Bonchev–Trinajstić information content (AvgIpc) is 2.66. The van der Waals surface area contributed by atoms with E-state index in [2.05, 4.69) is 18.8 Å². The monoisotopic (exact) mass is 272 g/mol. The van der Waals surface area contributed by atoms with Crippen LogP contribution in [-0.2, 0) is 4.79 Å². The molecule has 1 aliphatic rings. The fourth-order valence-electron chi connectivity index (χ4n) is 2.41. The van der Waals surface area contributed by atoms with Gasteiger partial charge in [0.1, 0.15) is 0 Å². The Morgan fingerprint density at radius 2 is 2.10 bits per heavy atom. The molecule has 20 heavy (non-hydrogen) atoms. The summed E-state index contributed by atoms with van der Waals surface area (Å²) >= 11 is 0. The van der Waals surface area contributed by atoms with Crippen LogP contribution in [0.2, 0.25) is 0 Å². The largest absolute Gasteiger partial charge is 0.313 e. The molecule has 0 aliphatic carbocycles. The topological polar surface area (TPSA) is 49.4 Å². The van der Waals surface area contributed by atoms with Crippen molar-refractivity contribution in [1.82, 2.24) is 5.32 Å². The van der Waals surface area contributed by atoms with Crippen molar-refractivity contribution >= 4 is 17.4 Å². The maximum atomic E-state index is 12.1. The Morgan fingerprint density at radius 3 is 2.80 bits per heavy atom. The summed E-state index contributed by atoms with van der Waals surface area (Å²) in [6, 6.07) is 5.43. The number of ketones is 1. The zero-order valence-corrected chi connectivity index (χ0v) is 12.0. The highest BCUT2D eigenvalue weighted by Crippen LogP contribution is 2.32. The van der Waals surface area contributed by atoms with Gasteiger partial charge in [-0.05, 0) is 37.1 Å². The number of hydrogen-bond donors (Lipinski definition) is 1. The number of anilines is 1. The first kappa shape index (κ1) is 14.5. The van der Waals surface area contributed by atoms with E-state index in [1.165, 1.54) is 0 Å². The number of aryl methyl sites for hydroxylation is 1. The van der Waals surface area contributed by atoms with E-state index in [0.717, 1.165) is 29.8 Å². The zero-order chi connectivity index (χ0) is 14.7. The molecule has 4 nitrogen and oxygen atoms in total. The molecule has 1 heterocycles. The molecule has 2 rings (SSSR count). The lowest BCUT2D eigenvalue weighted by atomic mass is 10.1. The first-order valence-corrected chi connectivity index (χ1v) is 6.89. The molecule has 1 N–H and O–H groups in total. The van der Waals surface area contributed by atoms with Crippen molar-refractivity contribution in [1.29, 1.82) is 0 Å². The standard InChI is InChI=1S/C16H20N2O2/c1-4-8-17-9-11(2)10-18-14-12(3)6-5-7-13(14)15(19)16(18)20/h5-7,17H,2,4,8-10H2,1,3H3. The van der Waals surface area contributed by atoms with E-state index in [-0.39, 0.29) is 0 Å². The summed E-state index contributed by atoms with van der Waals surface area (Å²) in [6.45, 7) is 9.96. The molecule has 1 aliphatic heterocycles. The van der Waals surface area contributed by atoms with Crippen LogP contribution in [0.3, 0.4) is 0 Å². The number of benzene rings is 1. The molecule has 4 heteroatoms. The molecule has 106 valence electrons. The molecule has 1 amide bonds. The SMILES string of the molecule is C=C(CNCCC)CN1C(=O)C(=O)c2cccc(C)c21. The van der Waals surface area contributed by atoms with E-state index >= 15 is 0 Å². The maximum absolute atomic E-state index is 12.1. The van der Waals surface area contributed by atoms with Crippen LogP contribution >= 0.6 is 0 Å². The van der Waals surface area contributed by atoms with E-state index < -0.39 is 11.7 Å². The number of nitrogens with one attached hydrogen (secondary N) is 1. The molecule has 0 aromatic heterocycles. The number of amides is 1. The van der Waals surface area contributed by atoms with Gasteiger partial charge in [-0.15, -0.1) is 0 Å². The Morgan fingerprint density at radius 1 is 1.35 bits per heavy atom. The van der Waals surface area contributed by atoms with E-state index in [4.69, 9.17) is 0 Å². The van der Waals surface area contributed by atoms with E-state index in [1.54, 1.807) is 17.0 Å². The quantitative estimate of drug-likeness (QED) is 0.490. The fourth-order valence-corrected chi connectivity index (χ4v) is 2.41. The lowest BCUT2D eigenvalue weighted by molar-refractivity contribution is -0.114. The third-order valence-electron chi connectivity index (χ3n) is 3.38. The van der Waals surface area contributed by atoms with Gasteiger partial charge < -0.3 is 10.2 Å². The summed E-state index contributed by atoms with van der Waals surface area (Å²) in [7, 11) is 0. The van der Waals surface area contributed by atoms with Crippen molar-refractivity contribution in [2.24, 2.45) is 0 Å². The highest BCUT2D eigenvalue weighted by Gasteiger charge is 2.36. The van der Waals surface area contributed by atoms with Crippen LogP contribution in [0.5, 0.6) is 0 Å². The minimum absolute atomic E-state index is 0.388. The maximum Gasteiger partial charge on any atom is 0.299 e. The van der Waals surface area contributed by atoms with E-state index in [9.17, 15) is 9.59 Å². The Hall–Kier alpha value is -1.94. The van der Waals surface area contributed by atoms with Gasteiger partial charge >= 0.3 is 0 Å². The molecule has 0 saturated heterocycles. The number of Topliss-reactive ketones (excluding diaryl/α,β-unsaturated/α-hetero) is 1. The molecule has 0 spiro atoms. The van der Waals surface area contributed by atoms with Crippen molar-refractivity contribution < 1.29 is 9.59 Å². The second-order valence-corrected chi connectivity index (χ2v) is 5.12. The summed E-state index contributed by atoms with van der Waals surface area (Å²) < 4.78 is 0. The van der Waals surface area contributed by atoms with E-state index in [0.29, 0.717) is 18.7 Å². The first-order chi connectivity index (χ1) is 9.56. The van der Waals surface area contributed by atoms with Crippen LogP contribution in [0, 0.1) is 6.92 Å². The minimum atomic E-state index is -0.453. The smallest absolute Gasteiger partial charge is 0.299 e. The number of carbonyl (C=O) groups excluding carboxylic acids is 2. The fraction of sp³-hybridized carbons (Fsp3) is 0.375. The molecule has 0 saturated carbocycles. The van der Waals surface area contributed by atoms with Gasteiger partial charge in [-0.2, -0.15) is 0 Å². The molecular weight excluding hydrogens is 252 g/mol. The van der Waals surface area contributed by atoms with Gasteiger partial charge in [0.15, 0.2) is 0 Å². The van der Waals surface area contributed by atoms with Crippen LogP contribution in [0.4, 0.5) is 5.69 Å². The Bertz CT molecular complexity index is 564. The summed E-state index contributed by atoms with van der Waals surface area (Å²) in [6.07, 6.45) is 1.05. The highest BCUT2D eigenvalue weighted by molar-refractivity contribution is 6.52. The molecule has 1 aromatic rings. The van der Waals surface area contributed by atoms with Gasteiger partial charge in [-0.25, -0.2) is 0 Å². The van der Waals surface area contributed by atoms with Crippen LogP contribution < -0.4 is 10.2 Å². The van der Waals surface area contributed by atoms with Crippen LogP contribution in [0.1, 0.15) is 29.3 Å². The lowest BCUT2D eigenvalue weighted by Gasteiger charge is -2.20. The van der Waals surface area contributed by atoms with Crippen molar-refractivity contribution in [2.45, 2.75) is 20.3 Å². The van der Waals surface area contributed by atoms with Crippen LogP contribution in [0.15, 0.2) is 30.4 Å². The molecule has 1 aromatic carbocycles.